The molecule has 2 N–H and O–H groups in total. The minimum absolute atomic E-state index is 0.0116. The highest BCUT2D eigenvalue weighted by Gasteiger charge is 2.37. The number of carbonyl (C=O) groups excluding carboxylic acids is 2. The number of rotatable bonds is 6. The van der Waals surface area contributed by atoms with E-state index in [1.165, 1.54) is 23.1 Å². The molecule has 0 radical (unpaired) electrons. The zero-order valence-corrected chi connectivity index (χ0v) is 15.8. The number of halogens is 3. The minimum Gasteiger partial charge on any atom is -0.385 e. The SMILES string of the molecule is COCCCNC(=O)c1n[nH]c2c1CN(C(=O)c1ccccc1C(F)(F)F)CC2. The molecule has 0 aliphatic carbocycles. The Kier molecular flexibility index (Phi) is 6.21. The molecule has 7 nitrogen and oxygen atoms in total. The van der Waals surface area contributed by atoms with Crippen LogP contribution in [0.3, 0.4) is 0 Å². The van der Waals surface area contributed by atoms with Crippen LogP contribution in [0.25, 0.3) is 0 Å². The Morgan fingerprint density at radius 1 is 1.31 bits per heavy atom. The highest BCUT2D eigenvalue weighted by molar-refractivity contribution is 5.97. The third-order valence-electron chi connectivity index (χ3n) is 4.71. The van der Waals surface area contributed by atoms with E-state index in [2.05, 4.69) is 15.5 Å². The van der Waals surface area contributed by atoms with Gasteiger partial charge < -0.3 is 15.0 Å². The summed E-state index contributed by atoms with van der Waals surface area (Å²) in [5, 5.41) is 9.54. The number of H-pyrrole nitrogens is 1. The third kappa shape index (κ3) is 4.58. The number of amides is 2. The molecule has 1 aromatic heterocycles. The molecule has 0 saturated carbocycles. The molecule has 2 amide bonds. The number of fused-ring (bicyclic) bond motifs is 1. The highest BCUT2D eigenvalue weighted by atomic mass is 19.4. The lowest BCUT2D eigenvalue weighted by Gasteiger charge is -2.28. The summed E-state index contributed by atoms with van der Waals surface area (Å²) in [6.07, 6.45) is -3.62. The fraction of sp³-hybridized carbons (Fsp3) is 0.421. The van der Waals surface area contributed by atoms with E-state index in [9.17, 15) is 22.8 Å². The van der Waals surface area contributed by atoms with Crippen LogP contribution >= 0.6 is 0 Å². The molecular weight excluding hydrogens is 389 g/mol. The number of aromatic amines is 1. The second kappa shape index (κ2) is 8.64. The van der Waals surface area contributed by atoms with Crippen molar-refractivity contribution in [3.8, 4) is 0 Å². The molecule has 0 bridgehead atoms. The van der Waals surface area contributed by atoms with Gasteiger partial charge in [0.05, 0.1) is 17.7 Å². The van der Waals surface area contributed by atoms with Gasteiger partial charge in [-0.05, 0) is 18.6 Å². The van der Waals surface area contributed by atoms with E-state index < -0.39 is 29.1 Å². The average Bonchev–Trinajstić information content (AvgIpc) is 3.13. The van der Waals surface area contributed by atoms with Crippen molar-refractivity contribution in [1.82, 2.24) is 20.4 Å². The maximum atomic E-state index is 13.3. The summed E-state index contributed by atoms with van der Waals surface area (Å²) in [5.74, 6) is -1.13. The molecule has 2 aromatic rings. The van der Waals surface area contributed by atoms with Gasteiger partial charge in [0, 0.05) is 44.5 Å². The number of alkyl halides is 3. The van der Waals surface area contributed by atoms with Gasteiger partial charge in [0.2, 0.25) is 0 Å². The second-order valence-corrected chi connectivity index (χ2v) is 6.65. The van der Waals surface area contributed by atoms with Gasteiger partial charge in [-0.25, -0.2) is 0 Å². The van der Waals surface area contributed by atoms with Crippen molar-refractivity contribution in [3.63, 3.8) is 0 Å². The monoisotopic (exact) mass is 410 g/mol. The van der Waals surface area contributed by atoms with Gasteiger partial charge in [0.25, 0.3) is 11.8 Å². The molecule has 156 valence electrons. The van der Waals surface area contributed by atoms with E-state index in [4.69, 9.17) is 4.74 Å². The first-order valence-electron chi connectivity index (χ1n) is 9.11. The van der Waals surface area contributed by atoms with Crippen LogP contribution in [-0.2, 0) is 23.9 Å². The molecule has 10 heteroatoms. The Balaban J connectivity index is 1.77. The Hall–Kier alpha value is -2.88. The van der Waals surface area contributed by atoms with Crippen LogP contribution in [-0.4, -0.2) is 53.7 Å². The van der Waals surface area contributed by atoms with E-state index >= 15 is 0 Å². The number of hydrogen-bond acceptors (Lipinski definition) is 4. The van der Waals surface area contributed by atoms with Crippen molar-refractivity contribution in [2.24, 2.45) is 0 Å². The number of methoxy groups -OCH3 is 1. The zero-order chi connectivity index (χ0) is 21.0. The van der Waals surface area contributed by atoms with E-state index in [0.717, 1.165) is 6.07 Å². The molecule has 0 saturated heterocycles. The van der Waals surface area contributed by atoms with E-state index in [-0.39, 0.29) is 18.8 Å². The smallest absolute Gasteiger partial charge is 0.385 e. The van der Waals surface area contributed by atoms with Gasteiger partial charge in [0.1, 0.15) is 0 Å². The van der Waals surface area contributed by atoms with Gasteiger partial charge in [-0.15, -0.1) is 0 Å². The van der Waals surface area contributed by atoms with Gasteiger partial charge in [-0.3, -0.25) is 14.7 Å². The molecule has 0 atom stereocenters. The summed E-state index contributed by atoms with van der Waals surface area (Å²) >= 11 is 0. The fourth-order valence-corrected chi connectivity index (χ4v) is 3.25. The summed E-state index contributed by atoms with van der Waals surface area (Å²) in [7, 11) is 1.56. The molecule has 0 spiro atoms. The maximum absolute atomic E-state index is 13.3. The maximum Gasteiger partial charge on any atom is 0.417 e. The first kappa shape index (κ1) is 20.8. The van der Waals surface area contributed by atoms with E-state index in [1.807, 2.05) is 0 Å². The molecule has 3 rings (SSSR count). The van der Waals surface area contributed by atoms with Gasteiger partial charge in [-0.2, -0.15) is 18.3 Å². The van der Waals surface area contributed by atoms with Crippen molar-refractivity contribution >= 4 is 11.8 Å². The number of hydrogen-bond donors (Lipinski definition) is 2. The topological polar surface area (TPSA) is 87.3 Å². The Labute approximate surface area is 165 Å². The molecule has 1 aliphatic rings. The lowest BCUT2D eigenvalue weighted by molar-refractivity contribution is -0.138. The first-order valence-corrected chi connectivity index (χ1v) is 9.11. The van der Waals surface area contributed by atoms with Crippen LogP contribution in [0.15, 0.2) is 24.3 Å². The van der Waals surface area contributed by atoms with Crippen molar-refractivity contribution in [2.45, 2.75) is 25.6 Å². The number of aromatic nitrogens is 2. The Bertz CT molecular complexity index is 895. The zero-order valence-electron chi connectivity index (χ0n) is 15.8. The summed E-state index contributed by atoms with van der Waals surface area (Å²) in [5.41, 5.74) is 0.00849. The summed E-state index contributed by atoms with van der Waals surface area (Å²) in [6.45, 7) is 1.14. The third-order valence-corrected chi connectivity index (χ3v) is 4.71. The number of nitrogens with one attached hydrogen (secondary N) is 2. The van der Waals surface area contributed by atoms with Gasteiger partial charge in [-0.1, -0.05) is 12.1 Å². The van der Waals surface area contributed by atoms with E-state index in [0.29, 0.717) is 37.3 Å². The molecule has 1 aromatic carbocycles. The Morgan fingerprint density at radius 2 is 2.07 bits per heavy atom. The van der Waals surface area contributed by atoms with Crippen LogP contribution in [0, 0.1) is 0 Å². The normalized spacial score (nSPS) is 13.9. The lowest BCUT2D eigenvalue weighted by Crippen LogP contribution is -2.37. The van der Waals surface area contributed by atoms with Crippen LogP contribution in [0.5, 0.6) is 0 Å². The van der Waals surface area contributed by atoms with Crippen LogP contribution in [0.4, 0.5) is 13.2 Å². The molecule has 1 aliphatic heterocycles. The van der Waals surface area contributed by atoms with Crippen LogP contribution < -0.4 is 5.32 Å². The number of benzene rings is 1. The first-order chi connectivity index (χ1) is 13.8. The predicted octanol–water partition coefficient (Wildman–Crippen LogP) is 2.39. The van der Waals surface area contributed by atoms with Crippen LogP contribution in [0.2, 0.25) is 0 Å². The molecule has 29 heavy (non-hydrogen) atoms. The molecule has 2 heterocycles. The lowest BCUT2D eigenvalue weighted by atomic mass is 10.0. The number of ether oxygens (including phenoxy) is 1. The Morgan fingerprint density at radius 3 is 2.79 bits per heavy atom. The summed E-state index contributed by atoms with van der Waals surface area (Å²) in [4.78, 5) is 26.5. The number of nitrogens with zero attached hydrogens (tertiary/aromatic N) is 2. The molecular formula is C19H21F3N4O3. The van der Waals surface area contributed by atoms with Gasteiger partial charge in [0.15, 0.2) is 5.69 Å². The highest BCUT2D eigenvalue weighted by Crippen LogP contribution is 2.33. The fourth-order valence-electron chi connectivity index (χ4n) is 3.25. The van der Waals surface area contributed by atoms with Crippen molar-refractivity contribution in [2.75, 3.05) is 26.8 Å². The largest absolute Gasteiger partial charge is 0.417 e. The summed E-state index contributed by atoms with van der Waals surface area (Å²) < 4.78 is 44.7. The quantitative estimate of drug-likeness (QED) is 0.716. The van der Waals surface area contributed by atoms with Crippen molar-refractivity contribution in [3.05, 3.63) is 52.3 Å². The average molecular weight is 410 g/mol. The minimum atomic E-state index is -4.63. The predicted molar refractivity (Wildman–Crippen MR) is 97.3 cm³/mol. The summed E-state index contributed by atoms with van der Waals surface area (Å²) in [6, 6.07) is 4.70. The van der Waals surface area contributed by atoms with Gasteiger partial charge >= 0.3 is 6.18 Å². The van der Waals surface area contributed by atoms with Crippen LogP contribution in [0.1, 0.15) is 44.1 Å². The molecule has 0 unspecified atom stereocenters. The van der Waals surface area contributed by atoms with Crippen molar-refractivity contribution in [1.29, 1.82) is 0 Å². The van der Waals surface area contributed by atoms with Crippen molar-refractivity contribution < 1.29 is 27.5 Å². The molecule has 0 fully saturated rings. The second-order valence-electron chi connectivity index (χ2n) is 6.65. The standard InChI is InChI=1S/C19H21F3N4O3/c1-29-10-4-8-23-17(27)16-13-11-26(9-7-15(13)24-25-16)18(28)12-5-2-3-6-14(12)19(20,21)22/h2-3,5-6H,4,7-11H2,1H3,(H,23,27)(H,24,25). The van der Waals surface area contributed by atoms with E-state index in [1.54, 1.807) is 7.11 Å². The number of carbonyl (C=O) groups is 2.